The molecule has 3 aromatic rings. The highest BCUT2D eigenvalue weighted by Gasteiger charge is 2.32. The van der Waals surface area contributed by atoms with Gasteiger partial charge in [0, 0.05) is 12.0 Å². The van der Waals surface area contributed by atoms with Crippen LogP contribution in [0.2, 0.25) is 0 Å². The third-order valence-corrected chi connectivity index (χ3v) is 7.23. The summed E-state index contributed by atoms with van der Waals surface area (Å²) in [5.74, 6) is 1.95. The van der Waals surface area contributed by atoms with E-state index in [1.807, 2.05) is 66.7 Å². The van der Waals surface area contributed by atoms with Crippen LogP contribution in [0.15, 0.2) is 71.6 Å². The molecular formula is C29H29NO4S2. The van der Waals surface area contributed by atoms with Crippen molar-refractivity contribution in [2.24, 2.45) is 0 Å². The van der Waals surface area contributed by atoms with Gasteiger partial charge >= 0.3 is 0 Å². The number of rotatable bonds is 10. The molecule has 1 saturated heterocycles. The molecule has 1 aliphatic heterocycles. The van der Waals surface area contributed by atoms with Crippen LogP contribution in [0.25, 0.3) is 6.08 Å². The highest BCUT2D eigenvalue weighted by atomic mass is 32.2. The van der Waals surface area contributed by atoms with E-state index in [0.717, 1.165) is 16.9 Å². The molecule has 36 heavy (non-hydrogen) atoms. The van der Waals surface area contributed by atoms with Gasteiger partial charge in [0.05, 0.1) is 31.8 Å². The maximum absolute atomic E-state index is 13.1. The summed E-state index contributed by atoms with van der Waals surface area (Å²) in [5, 5.41) is 0. The molecule has 0 N–H and O–H groups in total. The summed E-state index contributed by atoms with van der Waals surface area (Å²) in [4.78, 5) is 15.3. The molecule has 0 saturated carbocycles. The zero-order valence-corrected chi connectivity index (χ0v) is 22.3. The number of benzene rings is 3. The molecule has 1 fully saturated rings. The van der Waals surface area contributed by atoms with E-state index < -0.39 is 0 Å². The Morgan fingerprint density at radius 3 is 2.47 bits per heavy atom. The highest BCUT2D eigenvalue weighted by Crippen LogP contribution is 2.38. The number of methoxy groups -OCH3 is 1. The number of para-hydroxylation sites is 1. The van der Waals surface area contributed by atoms with Crippen LogP contribution in [0.1, 0.15) is 28.7 Å². The van der Waals surface area contributed by atoms with Crippen molar-refractivity contribution in [3.05, 3.63) is 93.9 Å². The van der Waals surface area contributed by atoms with Crippen molar-refractivity contribution in [1.29, 1.82) is 0 Å². The first-order chi connectivity index (χ1) is 17.5. The Labute approximate surface area is 222 Å². The van der Waals surface area contributed by atoms with Gasteiger partial charge < -0.3 is 14.2 Å². The average Bonchev–Trinajstić information content (AvgIpc) is 3.14. The largest absolute Gasteiger partial charge is 0.493 e. The van der Waals surface area contributed by atoms with Crippen molar-refractivity contribution in [3.63, 3.8) is 0 Å². The van der Waals surface area contributed by atoms with Gasteiger partial charge in [0.15, 0.2) is 11.5 Å². The molecule has 186 valence electrons. The Morgan fingerprint density at radius 1 is 0.944 bits per heavy atom. The molecule has 0 bridgehead atoms. The molecule has 7 heteroatoms. The van der Waals surface area contributed by atoms with Gasteiger partial charge in [-0.25, -0.2) is 0 Å². The van der Waals surface area contributed by atoms with E-state index in [4.69, 9.17) is 26.4 Å². The second-order valence-electron chi connectivity index (χ2n) is 8.43. The molecule has 1 amide bonds. The lowest BCUT2D eigenvalue weighted by Gasteiger charge is -2.15. The molecule has 4 rings (SSSR count). The van der Waals surface area contributed by atoms with E-state index in [-0.39, 0.29) is 5.91 Å². The first-order valence-electron chi connectivity index (χ1n) is 11.8. The molecule has 1 heterocycles. The number of thiocarbonyl (C=S) groups is 1. The average molecular weight is 520 g/mol. The predicted octanol–water partition coefficient (Wildman–Crippen LogP) is 6.56. The van der Waals surface area contributed by atoms with Gasteiger partial charge in [0.25, 0.3) is 5.91 Å². The maximum atomic E-state index is 13.1. The molecule has 5 nitrogen and oxygen atoms in total. The van der Waals surface area contributed by atoms with Crippen molar-refractivity contribution >= 4 is 40.3 Å². The van der Waals surface area contributed by atoms with Gasteiger partial charge in [-0.15, -0.1) is 0 Å². The molecule has 0 atom stereocenters. The summed E-state index contributed by atoms with van der Waals surface area (Å²) in [6.07, 6.45) is 2.53. The number of hydrogen-bond acceptors (Lipinski definition) is 6. The van der Waals surface area contributed by atoms with Crippen LogP contribution in [-0.4, -0.2) is 35.5 Å². The number of aryl methyl sites for hydroxylation is 2. The van der Waals surface area contributed by atoms with Crippen LogP contribution >= 0.6 is 24.0 Å². The topological polar surface area (TPSA) is 48.0 Å². The smallest absolute Gasteiger partial charge is 0.266 e. The number of ether oxygens (including phenoxy) is 3. The molecule has 0 aliphatic carbocycles. The number of hydrogen-bond donors (Lipinski definition) is 0. The minimum Gasteiger partial charge on any atom is -0.493 e. The normalized spacial score (nSPS) is 14.4. The number of carbonyl (C=O) groups excluding carboxylic acids is 1. The van der Waals surface area contributed by atoms with Gasteiger partial charge in [-0.05, 0) is 54.8 Å². The minimum atomic E-state index is -0.107. The zero-order chi connectivity index (χ0) is 25.5. The number of amides is 1. The van der Waals surface area contributed by atoms with Crippen LogP contribution in [0.3, 0.4) is 0 Å². The van der Waals surface area contributed by atoms with Gasteiger partial charge in [-0.3, -0.25) is 9.69 Å². The van der Waals surface area contributed by atoms with Gasteiger partial charge in [-0.1, -0.05) is 72.5 Å². The molecule has 0 radical (unpaired) electrons. The van der Waals surface area contributed by atoms with Gasteiger partial charge in [0.1, 0.15) is 10.1 Å². The standard InChI is InChI=1S/C29H29NO4S2/c1-20-13-14-24(17-21(20)2)33-15-8-16-34-27-23(11-7-12-25(27)32-3)18-26-28(31)30(29(35)36-26)19-22-9-5-4-6-10-22/h4-7,9-14,17-18H,8,15-16,19H2,1-3H3. The van der Waals surface area contributed by atoms with Crippen LogP contribution in [0, 0.1) is 13.8 Å². The molecule has 0 aromatic heterocycles. The Bertz CT molecular complexity index is 1270. The Hall–Kier alpha value is -3.29. The monoisotopic (exact) mass is 519 g/mol. The quantitative estimate of drug-likeness (QED) is 0.172. The number of carbonyl (C=O) groups is 1. The van der Waals surface area contributed by atoms with E-state index in [9.17, 15) is 4.79 Å². The number of nitrogens with zero attached hydrogens (tertiary/aromatic N) is 1. The Balaban J connectivity index is 1.42. The Kier molecular flexibility index (Phi) is 8.67. The van der Waals surface area contributed by atoms with E-state index in [1.165, 1.54) is 22.9 Å². The summed E-state index contributed by atoms with van der Waals surface area (Å²) in [7, 11) is 1.61. The van der Waals surface area contributed by atoms with E-state index in [1.54, 1.807) is 12.0 Å². The van der Waals surface area contributed by atoms with Crippen LogP contribution in [-0.2, 0) is 11.3 Å². The van der Waals surface area contributed by atoms with Crippen molar-refractivity contribution in [2.75, 3.05) is 20.3 Å². The van der Waals surface area contributed by atoms with Crippen LogP contribution in [0.5, 0.6) is 17.2 Å². The van der Waals surface area contributed by atoms with Crippen molar-refractivity contribution in [1.82, 2.24) is 4.90 Å². The fourth-order valence-electron chi connectivity index (χ4n) is 3.73. The van der Waals surface area contributed by atoms with Crippen molar-refractivity contribution in [2.45, 2.75) is 26.8 Å². The van der Waals surface area contributed by atoms with E-state index in [0.29, 0.717) is 46.9 Å². The van der Waals surface area contributed by atoms with E-state index >= 15 is 0 Å². The summed E-state index contributed by atoms with van der Waals surface area (Å²) < 4.78 is 18.1. The van der Waals surface area contributed by atoms with Crippen LogP contribution in [0.4, 0.5) is 0 Å². The maximum Gasteiger partial charge on any atom is 0.266 e. The minimum absolute atomic E-state index is 0.107. The lowest BCUT2D eigenvalue weighted by molar-refractivity contribution is -0.122. The van der Waals surface area contributed by atoms with E-state index in [2.05, 4.69) is 19.9 Å². The second-order valence-corrected chi connectivity index (χ2v) is 10.1. The zero-order valence-electron chi connectivity index (χ0n) is 20.7. The van der Waals surface area contributed by atoms with Crippen LogP contribution < -0.4 is 14.2 Å². The molecular weight excluding hydrogens is 490 g/mol. The fourth-order valence-corrected chi connectivity index (χ4v) is 4.98. The second kappa shape index (κ2) is 12.1. The lowest BCUT2D eigenvalue weighted by Crippen LogP contribution is -2.27. The molecule has 3 aromatic carbocycles. The highest BCUT2D eigenvalue weighted by molar-refractivity contribution is 8.26. The summed E-state index contributed by atoms with van der Waals surface area (Å²) in [6, 6.07) is 21.6. The van der Waals surface area contributed by atoms with Crippen molar-refractivity contribution < 1.29 is 19.0 Å². The predicted molar refractivity (Wildman–Crippen MR) is 150 cm³/mol. The number of thioether (sulfide) groups is 1. The Morgan fingerprint density at radius 2 is 1.72 bits per heavy atom. The first kappa shape index (κ1) is 25.8. The third kappa shape index (κ3) is 6.28. The van der Waals surface area contributed by atoms with Gasteiger partial charge in [-0.2, -0.15) is 0 Å². The molecule has 0 unspecified atom stereocenters. The summed E-state index contributed by atoms with van der Waals surface area (Å²) in [5.41, 5.74) is 4.25. The SMILES string of the molecule is COc1cccc(C=C2SC(=S)N(Cc3ccccc3)C2=O)c1OCCCOc1ccc(C)c(C)c1. The summed E-state index contributed by atoms with van der Waals surface area (Å²) in [6.45, 7) is 5.58. The van der Waals surface area contributed by atoms with Crippen molar-refractivity contribution in [3.8, 4) is 17.2 Å². The molecule has 1 aliphatic rings. The lowest BCUT2D eigenvalue weighted by atomic mass is 10.1. The molecule has 0 spiro atoms. The summed E-state index contributed by atoms with van der Waals surface area (Å²) >= 11 is 6.81. The fraction of sp³-hybridized carbons (Fsp3) is 0.241. The van der Waals surface area contributed by atoms with Gasteiger partial charge in [0.2, 0.25) is 0 Å². The third-order valence-electron chi connectivity index (χ3n) is 5.86. The first-order valence-corrected chi connectivity index (χ1v) is 13.0.